The van der Waals surface area contributed by atoms with Crippen molar-refractivity contribution in [2.75, 3.05) is 32.8 Å². The van der Waals surface area contributed by atoms with Crippen molar-refractivity contribution in [3.05, 3.63) is 0 Å². The molecule has 0 amide bonds. The van der Waals surface area contributed by atoms with Gasteiger partial charge >= 0.3 is 7.82 Å². The van der Waals surface area contributed by atoms with Crippen LogP contribution in [-0.2, 0) is 13.6 Å². The molecule has 0 fully saturated rings. The highest BCUT2D eigenvalue weighted by Crippen LogP contribution is 2.43. The van der Waals surface area contributed by atoms with Crippen LogP contribution < -0.4 is 0 Å². The minimum atomic E-state index is -3.90. The summed E-state index contributed by atoms with van der Waals surface area (Å²) in [5.41, 5.74) is 0. The number of nitrogens with zero attached hydrogens (tertiary/aromatic N) is 1. The zero-order valence-electron chi connectivity index (χ0n) is 26.8. The Hall–Kier alpha value is 0.0700. The van der Waals surface area contributed by atoms with Crippen molar-refractivity contribution in [3.63, 3.8) is 0 Å². The number of phosphoric acid groups is 1. The van der Waals surface area contributed by atoms with Gasteiger partial charge in [-0.2, -0.15) is 0 Å². The molecule has 1 N–H and O–H groups in total. The summed E-state index contributed by atoms with van der Waals surface area (Å²) in [4.78, 5) is 12.6. The third-order valence-electron chi connectivity index (χ3n) is 7.78. The van der Waals surface area contributed by atoms with E-state index in [0.717, 1.165) is 38.6 Å². The lowest BCUT2D eigenvalue weighted by atomic mass is 10.1. The third-order valence-corrected chi connectivity index (χ3v) is 8.80. The van der Waals surface area contributed by atoms with Gasteiger partial charge in [0.2, 0.25) is 0 Å². The second kappa shape index (κ2) is 31.0. The Bertz CT molecular complexity index is 498. The average molecular weight is 576 g/mol. The highest BCUT2D eigenvalue weighted by Gasteiger charge is 2.20. The standard InChI is InChI=1S/C33H70NO4P/c1-4-7-10-13-15-17-19-21-24-29-34(30-25-22-20-18-16-14-11-8-5-2)31-26-28-33-38-39(35,36)37-32-27-23-12-9-6-3/h4-33H2,1-3H3,(H,35,36). The summed E-state index contributed by atoms with van der Waals surface area (Å²) in [5, 5.41) is 0. The molecule has 1 unspecified atom stereocenters. The summed E-state index contributed by atoms with van der Waals surface area (Å²) in [5.74, 6) is 0. The second-order valence-corrected chi connectivity index (χ2v) is 13.2. The number of rotatable bonds is 33. The van der Waals surface area contributed by atoms with Gasteiger partial charge in [-0.3, -0.25) is 9.05 Å². The lowest BCUT2D eigenvalue weighted by Gasteiger charge is -2.22. The van der Waals surface area contributed by atoms with Gasteiger partial charge in [0.15, 0.2) is 0 Å². The monoisotopic (exact) mass is 576 g/mol. The molecule has 0 aliphatic rings. The van der Waals surface area contributed by atoms with Gasteiger partial charge in [0.1, 0.15) is 0 Å². The normalized spacial score (nSPS) is 13.4. The highest BCUT2D eigenvalue weighted by atomic mass is 31.2. The molecule has 1 atom stereocenters. The zero-order valence-corrected chi connectivity index (χ0v) is 27.7. The van der Waals surface area contributed by atoms with E-state index >= 15 is 0 Å². The van der Waals surface area contributed by atoms with Crippen molar-refractivity contribution in [2.45, 2.75) is 181 Å². The van der Waals surface area contributed by atoms with E-state index in [1.807, 2.05) is 0 Å². The van der Waals surface area contributed by atoms with Crippen LogP contribution in [-0.4, -0.2) is 42.6 Å². The second-order valence-electron chi connectivity index (χ2n) is 11.8. The Balaban J connectivity index is 4.09. The minimum Gasteiger partial charge on any atom is -0.303 e. The van der Waals surface area contributed by atoms with Crippen molar-refractivity contribution in [1.82, 2.24) is 4.90 Å². The van der Waals surface area contributed by atoms with Gasteiger partial charge < -0.3 is 9.79 Å². The summed E-state index contributed by atoms with van der Waals surface area (Å²) in [6.07, 6.45) is 31.9. The van der Waals surface area contributed by atoms with Crippen molar-refractivity contribution in [2.24, 2.45) is 0 Å². The van der Waals surface area contributed by atoms with E-state index in [0.29, 0.717) is 13.2 Å². The van der Waals surface area contributed by atoms with Crippen LogP contribution in [0.3, 0.4) is 0 Å². The Morgan fingerprint density at radius 3 is 1.05 bits per heavy atom. The number of hydrogen-bond donors (Lipinski definition) is 1. The Kier molecular flexibility index (Phi) is 31.1. The first-order chi connectivity index (χ1) is 19.1. The molecule has 0 aromatic heterocycles. The lowest BCUT2D eigenvalue weighted by molar-refractivity contribution is 0.143. The quantitative estimate of drug-likeness (QED) is 0.0623. The van der Waals surface area contributed by atoms with Gasteiger partial charge in [-0.15, -0.1) is 0 Å². The number of hydrogen-bond acceptors (Lipinski definition) is 4. The molecule has 0 aromatic carbocycles. The van der Waals surface area contributed by atoms with Crippen LogP contribution in [0, 0.1) is 0 Å². The number of phosphoric ester groups is 1. The van der Waals surface area contributed by atoms with E-state index in [2.05, 4.69) is 25.7 Å². The van der Waals surface area contributed by atoms with Gasteiger partial charge in [0.25, 0.3) is 0 Å². The van der Waals surface area contributed by atoms with Crippen LogP contribution in [0.2, 0.25) is 0 Å². The molecule has 0 radical (unpaired) electrons. The van der Waals surface area contributed by atoms with Crippen LogP contribution >= 0.6 is 7.82 Å². The van der Waals surface area contributed by atoms with Crippen LogP contribution in [0.5, 0.6) is 0 Å². The predicted octanol–water partition coefficient (Wildman–Crippen LogP) is 11.2. The van der Waals surface area contributed by atoms with Gasteiger partial charge in [-0.05, 0) is 51.7 Å². The molecule has 0 bridgehead atoms. The van der Waals surface area contributed by atoms with Crippen molar-refractivity contribution in [3.8, 4) is 0 Å². The van der Waals surface area contributed by atoms with Gasteiger partial charge in [-0.25, -0.2) is 4.57 Å². The molecule has 0 rings (SSSR count). The molecule has 6 heteroatoms. The van der Waals surface area contributed by atoms with Crippen molar-refractivity contribution in [1.29, 1.82) is 0 Å². The molecule has 39 heavy (non-hydrogen) atoms. The summed E-state index contributed by atoms with van der Waals surface area (Å²) >= 11 is 0. The Labute approximate surface area is 245 Å². The molecule has 0 aliphatic carbocycles. The van der Waals surface area contributed by atoms with Gasteiger partial charge in [-0.1, -0.05) is 149 Å². The average Bonchev–Trinajstić information content (AvgIpc) is 2.92. The molecule has 0 spiro atoms. The van der Waals surface area contributed by atoms with Crippen LogP contribution in [0.1, 0.15) is 181 Å². The molecule has 0 heterocycles. The Morgan fingerprint density at radius 2 is 0.692 bits per heavy atom. The molecular formula is C33H70NO4P. The third kappa shape index (κ3) is 30.8. The molecule has 0 aromatic rings. The maximum absolute atomic E-state index is 12.1. The largest absolute Gasteiger partial charge is 0.472 e. The fraction of sp³-hybridized carbons (Fsp3) is 1.00. The molecule has 0 saturated heterocycles. The van der Waals surface area contributed by atoms with E-state index < -0.39 is 7.82 Å². The highest BCUT2D eigenvalue weighted by molar-refractivity contribution is 7.47. The molecule has 236 valence electrons. The topological polar surface area (TPSA) is 59.0 Å². The van der Waals surface area contributed by atoms with Crippen LogP contribution in [0.15, 0.2) is 0 Å². The van der Waals surface area contributed by atoms with Gasteiger partial charge in [0.05, 0.1) is 13.2 Å². The summed E-state index contributed by atoms with van der Waals surface area (Å²) in [7, 11) is -3.90. The van der Waals surface area contributed by atoms with Crippen molar-refractivity contribution >= 4 is 7.82 Å². The maximum Gasteiger partial charge on any atom is 0.472 e. The SMILES string of the molecule is CCCCCCCCCCCN(CCCCCCCCCCC)CCCCOP(=O)(O)OCCCCCCC. The first-order valence-electron chi connectivity index (χ1n) is 17.4. The molecular weight excluding hydrogens is 505 g/mol. The molecule has 0 saturated carbocycles. The first-order valence-corrected chi connectivity index (χ1v) is 18.9. The van der Waals surface area contributed by atoms with E-state index in [4.69, 9.17) is 9.05 Å². The van der Waals surface area contributed by atoms with E-state index in [9.17, 15) is 9.46 Å². The van der Waals surface area contributed by atoms with Crippen molar-refractivity contribution < 1.29 is 18.5 Å². The summed E-state index contributed by atoms with van der Waals surface area (Å²) < 4.78 is 22.5. The van der Waals surface area contributed by atoms with E-state index in [-0.39, 0.29) is 0 Å². The van der Waals surface area contributed by atoms with E-state index in [1.54, 1.807) is 0 Å². The Morgan fingerprint density at radius 1 is 0.436 bits per heavy atom. The summed E-state index contributed by atoms with van der Waals surface area (Å²) in [6, 6.07) is 0. The minimum absolute atomic E-state index is 0.299. The fourth-order valence-corrected chi connectivity index (χ4v) is 5.96. The fourth-order valence-electron chi connectivity index (χ4n) is 5.17. The van der Waals surface area contributed by atoms with Crippen LogP contribution in [0.4, 0.5) is 0 Å². The van der Waals surface area contributed by atoms with Crippen LogP contribution in [0.25, 0.3) is 0 Å². The van der Waals surface area contributed by atoms with E-state index in [1.165, 1.54) is 142 Å². The maximum atomic E-state index is 12.1. The summed E-state index contributed by atoms with van der Waals surface area (Å²) in [6.45, 7) is 10.8. The predicted molar refractivity (Wildman–Crippen MR) is 171 cm³/mol. The first kappa shape index (κ1) is 39.1. The molecule has 0 aliphatic heterocycles. The zero-order chi connectivity index (χ0) is 28.7. The number of unbranched alkanes of at least 4 members (excludes halogenated alkanes) is 21. The van der Waals surface area contributed by atoms with Gasteiger partial charge in [0, 0.05) is 0 Å². The molecule has 5 nitrogen and oxygen atoms in total. The lowest BCUT2D eigenvalue weighted by Crippen LogP contribution is -2.27. The smallest absolute Gasteiger partial charge is 0.303 e.